The summed E-state index contributed by atoms with van der Waals surface area (Å²) in [5.74, 6) is -4.01. The van der Waals surface area contributed by atoms with Gasteiger partial charge in [0, 0.05) is 47.8 Å². The number of benzene rings is 1. The number of primary amides is 1. The van der Waals surface area contributed by atoms with Gasteiger partial charge in [-0.2, -0.15) is 0 Å². The molecular formula is C25H34ClF2N5O2. The van der Waals surface area contributed by atoms with Gasteiger partial charge in [0.1, 0.15) is 5.71 Å². The molecule has 0 bridgehead atoms. The zero-order valence-corrected chi connectivity index (χ0v) is 20.6. The van der Waals surface area contributed by atoms with Crippen LogP contribution in [0.1, 0.15) is 56.9 Å². The van der Waals surface area contributed by atoms with E-state index in [1.54, 1.807) is 11.0 Å². The third kappa shape index (κ3) is 8.58. The first-order valence-corrected chi connectivity index (χ1v) is 12.5. The first-order valence-electron chi connectivity index (χ1n) is 12.1. The number of alkyl halides is 2. The van der Waals surface area contributed by atoms with Crippen molar-refractivity contribution < 1.29 is 18.4 Å². The van der Waals surface area contributed by atoms with Crippen molar-refractivity contribution in [2.24, 2.45) is 5.73 Å². The Labute approximate surface area is 210 Å². The lowest BCUT2D eigenvalue weighted by Gasteiger charge is -2.33. The molecule has 192 valence electrons. The van der Waals surface area contributed by atoms with Crippen molar-refractivity contribution in [3.63, 3.8) is 0 Å². The molecule has 1 atom stereocenters. The maximum Gasteiger partial charge on any atom is 0.269 e. The Bertz CT molecular complexity index is 950. The molecule has 1 aromatic rings. The van der Waals surface area contributed by atoms with Gasteiger partial charge in [-0.05, 0) is 44.4 Å². The maximum atomic E-state index is 13.7. The number of nitrogens with zero attached hydrogens (tertiary/aromatic N) is 1. The minimum Gasteiger partial charge on any atom is -0.382 e. The Morgan fingerprint density at radius 3 is 2.63 bits per heavy atom. The number of likely N-dealkylation sites (tertiary alicyclic amines) is 1. The van der Waals surface area contributed by atoms with E-state index in [2.05, 4.69) is 10.6 Å². The summed E-state index contributed by atoms with van der Waals surface area (Å²) >= 11 is 6.38. The highest BCUT2D eigenvalue weighted by atomic mass is 35.5. The third-order valence-electron chi connectivity index (χ3n) is 6.46. The number of hydrogen-bond acceptors (Lipinski definition) is 5. The molecule has 2 amide bonds. The normalized spacial score (nSPS) is 19.8. The van der Waals surface area contributed by atoms with Crippen molar-refractivity contribution >= 4 is 34.8 Å². The summed E-state index contributed by atoms with van der Waals surface area (Å²) in [5.41, 5.74) is 6.33. The molecule has 1 aliphatic carbocycles. The van der Waals surface area contributed by atoms with Gasteiger partial charge in [-0.15, -0.1) is 0 Å². The topological polar surface area (TPSA) is 111 Å². The first kappa shape index (κ1) is 27.1. The Balaban J connectivity index is 1.68. The number of rotatable bonds is 11. The molecule has 1 aromatic carbocycles. The zero-order chi connectivity index (χ0) is 25.4. The van der Waals surface area contributed by atoms with Gasteiger partial charge in [0.2, 0.25) is 5.91 Å². The number of carbonyl (C=O) groups excluding carboxylic acids is 2. The number of nitrogens with one attached hydrogen (secondary N) is 3. The lowest BCUT2D eigenvalue weighted by atomic mass is 10.0. The smallest absolute Gasteiger partial charge is 0.269 e. The lowest BCUT2D eigenvalue weighted by molar-refractivity contribution is -0.119. The summed E-state index contributed by atoms with van der Waals surface area (Å²) in [6.07, 6.45) is 6.08. The quantitative estimate of drug-likeness (QED) is 0.341. The monoisotopic (exact) mass is 509 g/mol. The predicted molar refractivity (Wildman–Crippen MR) is 134 cm³/mol. The molecule has 1 heterocycles. The summed E-state index contributed by atoms with van der Waals surface area (Å²) in [6.45, 7) is 0.501. The highest BCUT2D eigenvalue weighted by Crippen LogP contribution is 2.27. The molecule has 1 aliphatic heterocycles. The fraction of sp³-hybridized carbons (Fsp3) is 0.560. The van der Waals surface area contributed by atoms with Crippen LogP contribution in [0.15, 0.2) is 30.3 Å². The molecule has 1 saturated carbocycles. The number of halogens is 3. The first-order chi connectivity index (χ1) is 16.6. The molecule has 3 rings (SSSR count). The highest BCUT2D eigenvalue weighted by molar-refractivity contribution is 6.43. The largest absolute Gasteiger partial charge is 0.382 e. The molecule has 2 aliphatic rings. The van der Waals surface area contributed by atoms with E-state index in [1.807, 2.05) is 18.2 Å². The van der Waals surface area contributed by atoms with Crippen molar-refractivity contribution in [3.8, 4) is 0 Å². The van der Waals surface area contributed by atoms with E-state index < -0.39 is 23.8 Å². The molecule has 0 spiro atoms. The van der Waals surface area contributed by atoms with Crippen LogP contribution < -0.4 is 16.4 Å². The van der Waals surface area contributed by atoms with Crippen LogP contribution >= 0.6 is 11.6 Å². The van der Waals surface area contributed by atoms with Crippen LogP contribution in [0.25, 0.3) is 5.70 Å². The number of hydrogen-bond donors (Lipinski definition) is 4. The van der Waals surface area contributed by atoms with Crippen LogP contribution in [0.2, 0.25) is 5.02 Å². The van der Waals surface area contributed by atoms with Crippen molar-refractivity contribution in [2.45, 2.75) is 69.4 Å². The molecule has 35 heavy (non-hydrogen) atoms. The fourth-order valence-corrected chi connectivity index (χ4v) is 4.92. The van der Waals surface area contributed by atoms with Crippen molar-refractivity contribution in [2.75, 3.05) is 19.6 Å². The van der Waals surface area contributed by atoms with Gasteiger partial charge in [-0.1, -0.05) is 42.6 Å². The van der Waals surface area contributed by atoms with Gasteiger partial charge in [0.25, 0.3) is 11.8 Å². The number of carbonyl (C=O) groups is 2. The molecule has 2 fully saturated rings. The number of nitrogens with two attached hydrogens (primary N) is 1. The van der Waals surface area contributed by atoms with E-state index in [-0.39, 0.29) is 37.6 Å². The van der Waals surface area contributed by atoms with Gasteiger partial charge in [0.15, 0.2) is 0 Å². The Hall–Kier alpha value is -2.52. The SMILES string of the molecule is N=C(/C=C(\NC1CCCC1)c1ccccc1Cl)C(=O)N[C@@H](CCN1CCCC(F)(F)C1)CC(N)=O. The van der Waals surface area contributed by atoms with Crippen LogP contribution in [-0.2, 0) is 9.59 Å². The number of amides is 2. The summed E-state index contributed by atoms with van der Waals surface area (Å²) in [7, 11) is 0. The molecule has 0 unspecified atom stereocenters. The van der Waals surface area contributed by atoms with Crippen molar-refractivity contribution in [1.29, 1.82) is 5.41 Å². The summed E-state index contributed by atoms with van der Waals surface area (Å²) in [4.78, 5) is 26.0. The Kier molecular flexibility index (Phi) is 9.63. The van der Waals surface area contributed by atoms with E-state index in [4.69, 9.17) is 22.7 Å². The van der Waals surface area contributed by atoms with Gasteiger partial charge >= 0.3 is 0 Å². The minimum absolute atomic E-state index is 0.128. The van der Waals surface area contributed by atoms with E-state index in [0.29, 0.717) is 35.8 Å². The maximum absolute atomic E-state index is 13.7. The molecule has 0 aromatic heterocycles. The van der Waals surface area contributed by atoms with Gasteiger partial charge in [0.05, 0.1) is 6.54 Å². The van der Waals surface area contributed by atoms with Crippen LogP contribution in [0, 0.1) is 5.41 Å². The summed E-state index contributed by atoms with van der Waals surface area (Å²) in [5, 5.41) is 15.0. The highest BCUT2D eigenvalue weighted by Gasteiger charge is 2.35. The second-order valence-corrected chi connectivity index (χ2v) is 9.85. The molecule has 10 heteroatoms. The van der Waals surface area contributed by atoms with Crippen LogP contribution in [0.4, 0.5) is 8.78 Å². The molecule has 1 saturated heterocycles. The second kappa shape index (κ2) is 12.4. The van der Waals surface area contributed by atoms with Crippen LogP contribution in [0.5, 0.6) is 0 Å². The lowest BCUT2D eigenvalue weighted by Crippen LogP contribution is -2.46. The van der Waals surface area contributed by atoms with Crippen molar-refractivity contribution in [3.05, 3.63) is 40.9 Å². The molecule has 5 N–H and O–H groups in total. The van der Waals surface area contributed by atoms with E-state index in [1.165, 1.54) is 6.08 Å². The van der Waals surface area contributed by atoms with Gasteiger partial charge in [-0.25, -0.2) is 8.78 Å². The number of piperidine rings is 1. The minimum atomic E-state index is -2.73. The average molecular weight is 510 g/mol. The summed E-state index contributed by atoms with van der Waals surface area (Å²) < 4.78 is 27.4. The fourth-order valence-electron chi connectivity index (χ4n) is 4.68. The Morgan fingerprint density at radius 1 is 1.26 bits per heavy atom. The molecular weight excluding hydrogens is 476 g/mol. The standard InChI is InChI=1S/C25H34ClF2N5O2/c26-20-9-4-3-8-19(20)22(31-17-6-1-2-7-17)15-21(29)24(35)32-18(14-23(30)34)10-13-33-12-5-11-25(27,28)16-33/h3-4,8-9,15,17-18,29,31H,1-2,5-7,10-14,16H2,(H2,30,34)(H,32,35)/b22-15-,29-21?/t18-/m0/s1. The van der Waals surface area contributed by atoms with E-state index in [9.17, 15) is 18.4 Å². The molecule has 0 radical (unpaired) electrons. The van der Waals surface area contributed by atoms with Crippen LogP contribution in [-0.4, -0.2) is 60.1 Å². The zero-order valence-electron chi connectivity index (χ0n) is 19.8. The van der Waals surface area contributed by atoms with Gasteiger partial charge in [-0.3, -0.25) is 19.9 Å². The van der Waals surface area contributed by atoms with Gasteiger partial charge < -0.3 is 16.4 Å². The second-order valence-electron chi connectivity index (χ2n) is 9.44. The Morgan fingerprint density at radius 2 is 1.97 bits per heavy atom. The third-order valence-corrected chi connectivity index (χ3v) is 6.79. The van der Waals surface area contributed by atoms with Crippen LogP contribution in [0.3, 0.4) is 0 Å². The van der Waals surface area contributed by atoms with E-state index in [0.717, 1.165) is 25.7 Å². The van der Waals surface area contributed by atoms with Crippen molar-refractivity contribution in [1.82, 2.24) is 15.5 Å². The van der Waals surface area contributed by atoms with E-state index >= 15 is 0 Å². The summed E-state index contributed by atoms with van der Waals surface area (Å²) in [6, 6.07) is 6.80. The predicted octanol–water partition coefficient (Wildman–Crippen LogP) is 3.71. The average Bonchev–Trinajstić information content (AvgIpc) is 3.29. The molecule has 7 nitrogen and oxygen atoms in total.